The van der Waals surface area contributed by atoms with Gasteiger partial charge in [-0.1, -0.05) is 6.92 Å². The number of aromatic nitrogens is 2. The van der Waals surface area contributed by atoms with Crippen LogP contribution in [0.2, 0.25) is 0 Å². The standard InChI is InChI=1S/C22H23F2N5/c1-4-19-16-11-18(24)17(23)10-15(16)12-29(19)22(13(2)14-6-7-14)28-20(25-3)21-26-8-5-9-27-21/h5,8-11,14,19H,3-4,6-7,12H2,1-2H3/b22-13-,28-20?. The zero-order chi connectivity index (χ0) is 20.5. The van der Waals surface area contributed by atoms with Gasteiger partial charge in [0.15, 0.2) is 23.3 Å². The van der Waals surface area contributed by atoms with Crippen LogP contribution in [0.5, 0.6) is 0 Å². The Balaban J connectivity index is 1.80. The zero-order valence-electron chi connectivity index (χ0n) is 16.6. The van der Waals surface area contributed by atoms with Gasteiger partial charge in [0.1, 0.15) is 5.82 Å². The van der Waals surface area contributed by atoms with Crippen LogP contribution in [0.15, 0.2) is 52.0 Å². The maximum absolute atomic E-state index is 13.9. The molecule has 2 aromatic rings. The lowest BCUT2D eigenvalue weighted by Crippen LogP contribution is -2.23. The van der Waals surface area contributed by atoms with E-state index in [4.69, 9.17) is 4.99 Å². The fourth-order valence-electron chi connectivity index (χ4n) is 3.92. The van der Waals surface area contributed by atoms with Gasteiger partial charge in [-0.2, -0.15) is 0 Å². The van der Waals surface area contributed by atoms with Crippen molar-refractivity contribution in [3.8, 4) is 0 Å². The van der Waals surface area contributed by atoms with Crippen LogP contribution in [-0.4, -0.2) is 27.4 Å². The minimum atomic E-state index is -0.820. The van der Waals surface area contributed by atoms with Crippen molar-refractivity contribution in [2.75, 3.05) is 0 Å². The second-order valence-electron chi connectivity index (χ2n) is 7.46. The summed E-state index contributed by atoms with van der Waals surface area (Å²) < 4.78 is 27.8. The Labute approximate surface area is 168 Å². The molecule has 4 rings (SSSR count). The molecule has 1 fully saturated rings. The van der Waals surface area contributed by atoms with Gasteiger partial charge < -0.3 is 4.90 Å². The number of rotatable bonds is 5. The smallest absolute Gasteiger partial charge is 0.199 e. The van der Waals surface area contributed by atoms with Gasteiger partial charge in [0.25, 0.3) is 0 Å². The summed E-state index contributed by atoms with van der Waals surface area (Å²) in [6.45, 7) is 8.21. The van der Waals surface area contributed by atoms with E-state index in [0.29, 0.717) is 24.1 Å². The SMILES string of the molecule is C=NC(=N/C(=C(\C)C1CC1)N1Cc2cc(F)c(F)cc2C1CC)c1ncccn1. The van der Waals surface area contributed by atoms with Crippen LogP contribution < -0.4 is 0 Å². The molecule has 1 aliphatic carbocycles. The highest BCUT2D eigenvalue weighted by Crippen LogP contribution is 2.44. The van der Waals surface area contributed by atoms with Crippen LogP contribution in [0.4, 0.5) is 8.78 Å². The number of nitrogens with zero attached hydrogens (tertiary/aromatic N) is 5. The summed E-state index contributed by atoms with van der Waals surface area (Å²) >= 11 is 0. The maximum atomic E-state index is 13.9. The van der Waals surface area contributed by atoms with E-state index in [1.165, 1.54) is 12.1 Å². The molecule has 0 spiro atoms. The van der Waals surface area contributed by atoms with Crippen molar-refractivity contribution in [1.29, 1.82) is 0 Å². The van der Waals surface area contributed by atoms with Crippen LogP contribution >= 0.6 is 0 Å². The third-order valence-corrected chi connectivity index (χ3v) is 5.59. The summed E-state index contributed by atoms with van der Waals surface area (Å²) in [7, 11) is 0. The lowest BCUT2D eigenvalue weighted by molar-refractivity contribution is 0.265. The van der Waals surface area contributed by atoms with E-state index in [2.05, 4.69) is 33.5 Å². The predicted octanol–water partition coefficient (Wildman–Crippen LogP) is 4.81. The molecular weight excluding hydrogens is 372 g/mol. The summed E-state index contributed by atoms with van der Waals surface area (Å²) in [4.78, 5) is 19.5. The first-order valence-corrected chi connectivity index (χ1v) is 9.81. The number of halogens is 2. The highest BCUT2D eigenvalue weighted by molar-refractivity contribution is 5.98. The number of amidine groups is 1. The molecule has 0 amide bonds. The monoisotopic (exact) mass is 395 g/mol. The van der Waals surface area contributed by atoms with Gasteiger partial charge in [0.2, 0.25) is 0 Å². The molecule has 7 heteroatoms. The first kappa shape index (κ1) is 19.4. The molecule has 29 heavy (non-hydrogen) atoms. The molecule has 0 N–H and O–H groups in total. The maximum Gasteiger partial charge on any atom is 0.199 e. The molecule has 1 aliphatic heterocycles. The van der Waals surface area contributed by atoms with Crippen LogP contribution in [0, 0.1) is 17.6 Å². The van der Waals surface area contributed by atoms with Crippen molar-refractivity contribution >= 4 is 12.6 Å². The fraction of sp³-hybridized carbons (Fsp3) is 0.364. The molecule has 0 radical (unpaired) electrons. The molecule has 1 aromatic carbocycles. The molecule has 5 nitrogen and oxygen atoms in total. The third kappa shape index (κ3) is 3.69. The van der Waals surface area contributed by atoms with Gasteiger partial charge in [-0.3, -0.25) is 0 Å². The van der Waals surface area contributed by atoms with Crippen LogP contribution in [-0.2, 0) is 6.54 Å². The largest absolute Gasteiger partial charge is 0.345 e. The Bertz CT molecular complexity index is 996. The van der Waals surface area contributed by atoms with Crippen molar-refractivity contribution in [1.82, 2.24) is 14.9 Å². The van der Waals surface area contributed by atoms with E-state index < -0.39 is 11.6 Å². The Hall–Kier alpha value is -2.96. The Morgan fingerprint density at radius 1 is 1.21 bits per heavy atom. The van der Waals surface area contributed by atoms with Gasteiger partial charge >= 0.3 is 0 Å². The highest BCUT2D eigenvalue weighted by atomic mass is 19.2. The van der Waals surface area contributed by atoms with Gasteiger partial charge in [-0.25, -0.2) is 28.7 Å². The molecule has 1 saturated carbocycles. The van der Waals surface area contributed by atoms with Crippen molar-refractivity contribution in [3.05, 3.63) is 70.6 Å². The topological polar surface area (TPSA) is 53.7 Å². The second kappa shape index (κ2) is 7.81. The number of allylic oxidation sites excluding steroid dienone is 1. The molecule has 1 unspecified atom stereocenters. The molecule has 0 bridgehead atoms. The van der Waals surface area contributed by atoms with Crippen molar-refractivity contribution in [2.45, 2.75) is 45.7 Å². The molecule has 150 valence electrons. The van der Waals surface area contributed by atoms with Gasteiger partial charge in [-0.05, 0) is 73.7 Å². The van der Waals surface area contributed by atoms with Crippen molar-refractivity contribution in [2.24, 2.45) is 15.9 Å². The average Bonchev–Trinajstić information content (AvgIpc) is 3.52. The quantitative estimate of drug-likeness (QED) is 0.539. The molecule has 1 aromatic heterocycles. The number of hydrogen-bond acceptors (Lipinski definition) is 4. The highest BCUT2D eigenvalue weighted by Gasteiger charge is 2.35. The van der Waals surface area contributed by atoms with Gasteiger partial charge in [-0.15, -0.1) is 0 Å². The first-order chi connectivity index (χ1) is 14.0. The number of fused-ring (bicyclic) bond motifs is 1. The average molecular weight is 395 g/mol. The third-order valence-electron chi connectivity index (χ3n) is 5.59. The Morgan fingerprint density at radius 2 is 1.90 bits per heavy atom. The molecular formula is C22H23F2N5. The summed E-state index contributed by atoms with van der Waals surface area (Å²) in [5, 5.41) is 0. The minimum Gasteiger partial charge on any atom is -0.345 e. The summed E-state index contributed by atoms with van der Waals surface area (Å²) in [6, 6.07) is 4.26. The molecule has 2 aliphatic rings. The van der Waals surface area contributed by atoms with E-state index in [1.54, 1.807) is 18.5 Å². The molecule has 0 saturated heterocycles. The minimum absolute atomic E-state index is 0.0877. The van der Waals surface area contributed by atoms with Crippen molar-refractivity contribution < 1.29 is 8.78 Å². The Kier molecular flexibility index (Phi) is 5.22. The summed E-state index contributed by atoms with van der Waals surface area (Å²) in [5.74, 6) is 0.328. The number of benzene rings is 1. The van der Waals surface area contributed by atoms with Crippen LogP contribution in [0.3, 0.4) is 0 Å². The van der Waals surface area contributed by atoms with Crippen LogP contribution in [0.1, 0.15) is 56.1 Å². The van der Waals surface area contributed by atoms with E-state index in [0.717, 1.165) is 41.8 Å². The van der Waals surface area contributed by atoms with E-state index >= 15 is 0 Å². The first-order valence-electron chi connectivity index (χ1n) is 9.81. The second-order valence-corrected chi connectivity index (χ2v) is 7.46. The van der Waals surface area contributed by atoms with E-state index in [-0.39, 0.29) is 6.04 Å². The fourth-order valence-corrected chi connectivity index (χ4v) is 3.92. The summed E-state index contributed by atoms with van der Waals surface area (Å²) in [5.41, 5.74) is 2.75. The van der Waals surface area contributed by atoms with Crippen molar-refractivity contribution in [3.63, 3.8) is 0 Å². The van der Waals surface area contributed by atoms with Gasteiger partial charge in [0, 0.05) is 18.9 Å². The predicted molar refractivity (Wildman–Crippen MR) is 108 cm³/mol. The van der Waals surface area contributed by atoms with E-state index in [9.17, 15) is 8.78 Å². The lowest BCUT2D eigenvalue weighted by Gasteiger charge is -2.28. The molecule has 1 atom stereocenters. The normalized spacial score (nSPS) is 19.8. The van der Waals surface area contributed by atoms with Crippen LogP contribution in [0.25, 0.3) is 0 Å². The Morgan fingerprint density at radius 3 is 2.52 bits per heavy atom. The molecule has 2 heterocycles. The zero-order valence-corrected chi connectivity index (χ0v) is 16.6. The summed E-state index contributed by atoms with van der Waals surface area (Å²) in [6.07, 6.45) is 6.24. The van der Waals surface area contributed by atoms with Gasteiger partial charge in [0.05, 0.1) is 6.04 Å². The number of aliphatic imine (C=N–C) groups is 2. The lowest BCUT2D eigenvalue weighted by atomic mass is 10.0. The van der Waals surface area contributed by atoms with E-state index in [1.807, 2.05) is 6.92 Å². The number of hydrogen-bond donors (Lipinski definition) is 0.